The standard InChI is InChI=1S/C28H25NO9.C5H13N/c1-28(2,13-30)29-24(33)8-4-14-9-20-23(12-21(14)32)38-22-11-16(31)5-7-18(22)25(20)17-6-3-15(26(34)35)10-19(17)27(36)37;1-5(2)3-4-6/h3,5-7,9-12,30,32H,4,8,13H2,1-2H3,(H,29,33)(H,34,35)(H,36,37);5H,3-4,6H2,1-2H3. The van der Waals surface area contributed by atoms with Gasteiger partial charge in [-0.2, -0.15) is 0 Å². The van der Waals surface area contributed by atoms with Gasteiger partial charge in [0.25, 0.3) is 0 Å². The van der Waals surface area contributed by atoms with Crippen molar-refractivity contribution in [2.75, 3.05) is 13.2 Å². The van der Waals surface area contributed by atoms with Crippen LogP contribution in [0.2, 0.25) is 0 Å². The highest BCUT2D eigenvalue weighted by atomic mass is 16.4. The Hall–Kier alpha value is -4.74. The topological polar surface area (TPSA) is 200 Å². The zero-order valence-electron chi connectivity index (χ0n) is 25.1. The summed E-state index contributed by atoms with van der Waals surface area (Å²) in [6.07, 6.45) is 1.27. The number of amides is 1. The first-order chi connectivity index (χ1) is 20.7. The van der Waals surface area contributed by atoms with Gasteiger partial charge in [-0.25, -0.2) is 9.59 Å². The lowest BCUT2D eigenvalue weighted by Gasteiger charge is -2.23. The van der Waals surface area contributed by atoms with Gasteiger partial charge in [-0.05, 0) is 80.6 Å². The molecule has 234 valence electrons. The van der Waals surface area contributed by atoms with Gasteiger partial charge < -0.3 is 35.9 Å². The van der Waals surface area contributed by atoms with E-state index in [0.717, 1.165) is 24.9 Å². The van der Waals surface area contributed by atoms with E-state index in [1.165, 1.54) is 36.4 Å². The van der Waals surface area contributed by atoms with Crippen LogP contribution in [0.15, 0.2) is 57.7 Å². The number of hydrogen-bond acceptors (Lipinski definition) is 8. The number of aromatic carboxylic acids is 2. The van der Waals surface area contributed by atoms with Crippen LogP contribution < -0.4 is 16.5 Å². The first-order valence-corrected chi connectivity index (χ1v) is 14.1. The lowest BCUT2D eigenvalue weighted by atomic mass is 9.89. The highest BCUT2D eigenvalue weighted by Gasteiger charge is 2.24. The summed E-state index contributed by atoms with van der Waals surface area (Å²) >= 11 is 0. The predicted molar refractivity (Wildman–Crippen MR) is 166 cm³/mol. The Kier molecular flexibility index (Phi) is 10.9. The van der Waals surface area contributed by atoms with E-state index in [0.29, 0.717) is 22.1 Å². The average Bonchev–Trinajstić information content (AvgIpc) is 2.94. The molecule has 0 saturated carbocycles. The first kappa shape index (κ1) is 33.8. The molecule has 44 heavy (non-hydrogen) atoms. The van der Waals surface area contributed by atoms with Crippen LogP contribution >= 0.6 is 0 Å². The van der Waals surface area contributed by atoms with Crippen LogP contribution in [0.25, 0.3) is 33.4 Å². The Labute approximate surface area is 254 Å². The summed E-state index contributed by atoms with van der Waals surface area (Å²) in [5.41, 5.74) is 5.08. The molecule has 7 N–H and O–H groups in total. The van der Waals surface area contributed by atoms with Crippen LogP contribution in [0.5, 0.6) is 5.75 Å². The number of nitrogens with one attached hydrogen (secondary N) is 1. The monoisotopic (exact) mass is 606 g/mol. The largest absolute Gasteiger partial charge is 0.508 e. The number of benzene rings is 3. The zero-order chi connectivity index (χ0) is 32.8. The van der Waals surface area contributed by atoms with Gasteiger partial charge in [0, 0.05) is 35.1 Å². The molecule has 0 radical (unpaired) electrons. The number of aromatic hydroxyl groups is 1. The molecular formula is C33H38N2O9. The number of rotatable bonds is 10. The number of hydrogen-bond donors (Lipinski definition) is 6. The van der Waals surface area contributed by atoms with Gasteiger partial charge in [-0.1, -0.05) is 19.9 Å². The van der Waals surface area contributed by atoms with E-state index in [1.807, 2.05) is 0 Å². The molecule has 1 heterocycles. The number of aliphatic hydroxyl groups excluding tert-OH is 1. The van der Waals surface area contributed by atoms with Crippen molar-refractivity contribution in [3.63, 3.8) is 0 Å². The summed E-state index contributed by atoms with van der Waals surface area (Å²) < 4.78 is 5.88. The van der Waals surface area contributed by atoms with Crippen molar-refractivity contribution in [3.05, 3.63) is 75.4 Å². The van der Waals surface area contributed by atoms with E-state index >= 15 is 0 Å². The van der Waals surface area contributed by atoms with Crippen LogP contribution in [-0.2, 0) is 11.2 Å². The molecule has 0 atom stereocenters. The summed E-state index contributed by atoms with van der Waals surface area (Å²) in [5, 5.41) is 42.4. The average molecular weight is 607 g/mol. The van der Waals surface area contributed by atoms with Gasteiger partial charge in [-0.15, -0.1) is 0 Å². The van der Waals surface area contributed by atoms with Crippen LogP contribution in [0.4, 0.5) is 0 Å². The molecule has 0 aromatic heterocycles. The zero-order valence-corrected chi connectivity index (χ0v) is 25.1. The molecule has 0 saturated heterocycles. The molecule has 0 fully saturated rings. The normalized spacial score (nSPS) is 11.3. The predicted octanol–water partition coefficient (Wildman–Crippen LogP) is 4.48. The molecule has 11 nitrogen and oxygen atoms in total. The molecular weight excluding hydrogens is 568 g/mol. The number of carboxylic acid groups (broad SMARTS) is 2. The number of carboxylic acids is 2. The maximum absolute atomic E-state index is 12.4. The van der Waals surface area contributed by atoms with Gasteiger partial charge in [0.2, 0.25) is 5.91 Å². The number of aliphatic hydroxyl groups is 1. The lowest BCUT2D eigenvalue weighted by Crippen LogP contribution is -2.46. The third kappa shape index (κ3) is 8.21. The highest BCUT2D eigenvalue weighted by Crippen LogP contribution is 2.43. The molecule has 2 aliphatic rings. The van der Waals surface area contributed by atoms with E-state index in [4.69, 9.17) is 10.2 Å². The molecule has 0 bridgehead atoms. The number of fused-ring (bicyclic) bond motifs is 2. The van der Waals surface area contributed by atoms with Crippen LogP contribution in [0.1, 0.15) is 66.8 Å². The van der Waals surface area contributed by atoms with Crippen LogP contribution in [0.3, 0.4) is 0 Å². The van der Waals surface area contributed by atoms with Crippen molar-refractivity contribution >= 4 is 28.8 Å². The van der Waals surface area contributed by atoms with Crippen LogP contribution in [0, 0.1) is 5.92 Å². The Balaban J connectivity index is 0.000000801. The minimum absolute atomic E-state index is 0.00419. The van der Waals surface area contributed by atoms with Gasteiger partial charge in [0.05, 0.1) is 23.3 Å². The number of nitrogens with two attached hydrogens (primary N) is 1. The van der Waals surface area contributed by atoms with Crippen LogP contribution in [-0.4, -0.2) is 57.0 Å². The molecule has 0 spiro atoms. The molecule has 11 heteroatoms. The fourth-order valence-electron chi connectivity index (χ4n) is 4.57. The van der Waals surface area contributed by atoms with E-state index in [1.54, 1.807) is 19.9 Å². The molecule has 1 amide bonds. The molecule has 0 unspecified atom stereocenters. The number of phenols is 1. The van der Waals surface area contributed by atoms with E-state index in [2.05, 4.69) is 19.2 Å². The van der Waals surface area contributed by atoms with Crippen molar-refractivity contribution in [3.8, 4) is 28.2 Å². The summed E-state index contributed by atoms with van der Waals surface area (Å²) in [6, 6.07) is 10.6. The van der Waals surface area contributed by atoms with E-state index in [9.17, 15) is 39.6 Å². The fourth-order valence-corrected chi connectivity index (χ4v) is 4.57. The maximum atomic E-state index is 12.4. The Morgan fingerprint density at radius 2 is 1.66 bits per heavy atom. The summed E-state index contributed by atoms with van der Waals surface area (Å²) in [6.45, 7) is 8.26. The van der Waals surface area contributed by atoms with Crippen molar-refractivity contribution in [2.24, 2.45) is 11.7 Å². The third-order valence-corrected chi connectivity index (χ3v) is 6.90. The first-order valence-electron chi connectivity index (χ1n) is 14.1. The van der Waals surface area contributed by atoms with E-state index in [-0.39, 0.29) is 64.6 Å². The van der Waals surface area contributed by atoms with Crippen molar-refractivity contribution in [1.29, 1.82) is 0 Å². The van der Waals surface area contributed by atoms with Crippen molar-refractivity contribution < 1.29 is 39.2 Å². The van der Waals surface area contributed by atoms with Gasteiger partial charge in [-0.3, -0.25) is 9.59 Å². The SMILES string of the molecule is CC(C)(CO)NC(=O)CCc1cc2c(-c3ccc(C(=O)O)cc3C(=O)O)c3ccc(=O)cc-3oc2cc1O.CC(C)CCN. The second-order valence-electron chi connectivity index (χ2n) is 11.5. The molecule has 1 aliphatic heterocycles. The van der Waals surface area contributed by atoms with Crippen molar-refractivity contribution in [2.45, 2.75) is 52.5 Å². The highest BCUT2D eigenvalue weighted by molar-refractivity contribution is 6.08. The van der Waals surface area contributed by atoms with E-state index < -0.39 is 17.5 Å². The van der Waals surface area contributed by atoms with Gasteiger partial charge in [0.15, 0.2) is 5.43 Å². The number of carbonyl (C=O) groups excluding carboxylic acids is 1. The Bertz CT molecular complexity index is 1710. The minimum Gasteiger partial charge on any atom is -0.508 e. The van der Waals surface area contributed by atoms with Crippen molar-refractivity contribution in [1.82, 2.24) is 5.32 Å². The molecule has 2 aromatic rings. The summed E-state index contributed by atoms with van der Waals surface area (Å²) in [5.74, 6) is -2.23. The third-order valence-electron chi connectivity index (χ3n) is 6.90. The molecule has 2 aromatic carbocycles. The molecule has 1 aliphatic carbocycles. The Morgan fingerprint density at radius 1 is 0.977 bits per heavy atom. The summed E-state index contributed by atoms with van der Waals surface area (Å²) in [7, 11) is 0. The molecule has 4 rings (SSSR count). The Morgan fingerprint density at radius 3 is 2.23 bits per heavy atom. The second kappa shape index (κ2) is 14.2. The van der Waals surface area contributed by atoms with Gasteiger partial charge in [0.1, 0.15) is 17.1 Å². The number of aryl methyl sites for hydroxylation is 1. The van der Waals surface area contributed by atoms with Gasteiger partial charge >= 0.3 is 11.9 Å². The number of carbonyl (C=O) groups is 3. The smallest absolute Gasteiger partial charge is 0.336 e. The maximum Gasteiger partial charge on any atom is 0.336 e. The quantitative estimate of drug-likeness (QED) is 0.140. The fraction of sp³-hybridized carbons (Fsp3) is 0.333. The minimum atomic E-state index is -1.35. The number of phenolic OH excluding ortho intramolecular Hbond substituents is 1. The second-order valence-corrected chi connectivity index (χ2v) is 11.5. The summed E-state index contributed by atoms with van der Waals surface area (Å²) in [4.78, 5) is 48.1. The lowest BCUT2D eigenvalue weighted by molar-refractivity contribution is -0.123.